The number of likely N-dealkylation sites (N-methyl/N-ethyl adjacent to an activating group) is 1. The third kappa shape index (κ3) is 4.19. The first-order valence-electron chi connectivity index (χ1n) is 8.81. The summed E-state index contributed by atoms with van der Waals surface area (Å²) in [5, 5.41) is 15.3. The van der Waals surface area contributed by atoms with Crippen LogP contribution in [-0.4, -0.2) is 25.3 Å². The second kappa shape index (κ2) is 8.15. The Hall–Kier alpha value is -2.36. The summed E-state index contributed by atoms with van der Waals surface area (Å²) in [4.78, 5) is 2.05. The second-order valence-corrected chi connectivity index (χ2v) is 6.48. The van der Waals surface area contributed by atoms with Gasteiger partial charge in [-0.25, -0.2) is 0 Å². The Labute approximate surface area is 149 Å². The Kier molecular flexibility index (Phi) is 5.69. The number of hydrogen-bond donors (Lipinski definition) is 2. The molecule has 0 heterocycles. The highest BCUT2D eigenvalue weighted by Crippen LogP contribution is 2.24. The summed E-state index contributed by atoms with van der Waals surface area (Å²) in [5.41, 5.74) is 3.71. The van der Waals surface area contributed by atoms with Crippen molar-refractivity contribution in [3.05, 3.63) is 77.9 Å². The van der Waals surface area contributed by atoms with Crippen molar-refractivity contribution >= 4 is 16.5 Å². The van der Waals surface area contributed by atoms with Crippen LogP contribution in [0.2, 0.25) is 0 Å². The molecule has 3 heteroatoms. The maximum atomic E-state index is 9.03. The molecule has 3 aromatic rings. The fourth-order valence-electron chi connectivity index (χ4n) is 3.16. The van der Waals surface area contributed by atoms with Gasteiger partial charge in [0, 0.05) is 31.9 Å². The molecule has 3 aromatic carbocycles. The predicted octanol–water partition coefficient (Wildman–Crippen LogP) is 4.12. The molecule has 0 aliphatic heterocycles. The lowest BCUT2D eigenvalue weighted by Crippen LogP contribution is -2.21. The highest BCUT2D eigenvalue weighted by Gasteiger charge is 2.09. The van der Waals surface area contributed by atoms with E-state index < -0.39 is 0 Å². The molecule has 0 saturated carbocycles. The van der Waals surface area contributed by atoms with Gasteiger partial charge in [-0.15, -0.1) is 0 Å². The monoisotopic (exact) mass is 334 g/mol. The fourth-order valence-corrected chi connectivity index (χ4v) is 3.16. The van der Waals surface area contributed by atoms with Crippen LogP contribution in [0.3, 0.4) is 0 Å². The molecule has 3 rings (SSSR count). The van der Waals surface area contributed by atoms with E-state index in [9.17, 15) is 0 Å². The number of aliphatic hydroxyl groups excluding tert-OH is 1. The van der Waals surface area contributed by atoms with Crippen molar-refractivity contribution in [1.29, 1.82) is 0 Å². The van der Waals surface area contributed by atoms with Gasteiger partial charge in [-0.3, -0.25) is 0 Å². The average molecular weight is 334 g/mol. The molecule has 25 heavy (non-hydrogen) atoms. The zero-order valence-electron chi connectivity index (χ0n) is 14.9. The summed E-state index contributed by atoms with van der Waals surface area (Å²) in [6.07, 6.45) is 0. The first-order valence-corrected chi connectivity index (χ1v) is 8.81. The van der Waals surface area contributed by atoms with Gasteiger partial charge in [0.05, 0.1) is 6.61 Å². The van der Waals surface area contributed by atoms with Gasteiger partial charge < -0.3 is 15.3 Å². The topological polar surface area (TPSA) is 35.5 Å². The van der Waals surface area contributed by atoms with E-state index in [1.807, 2.05) is 7.05 Å². The van der Waals surface area contributed by atoms with Gasteiger partial charge in [0.25, 0.3) is 0 Å². The summed E-state index contributed by atoms with van der Waals surface area (Å²) >= 11 is 0. The number of rotatable bonds is 7. The maximum absolute atomic E-state index is 9.03. The van der Waals surface area contributed by atoms with Crippen molar-refractivity contribution in [1.82, 2.24) is 5.32 Å². The molecule has 0 fully saturated rings. The molecule has 0 radical (unpaired) electrons. The number of anilines is 1. The van der Waals surface area contributed by atoms with Gasteiger partial charge in [-0.2, -0.15) is 0 Å². The van der Waals surface area contributed by atoms with Crippen LogP contribution in [0.1, 0.15) is 24.1 Å². The van der Waals surface area contributed by atoms with Crippen LogP contribution in [0.4, 0.5) is 5.69 Å². The van der Waals surface area contributed by atoms with Crippen LogP contribution in [0.25, 0.3) is 10.8 Å². The van der Waals surface area contributed by atoms with Crippen molar-refractivity contribution in [2.24, 2.45) is 0 Å². The normalized spacial score (nSPS) is 12.3. The zero-order valence-corrected chi connectivity index (χ0v) is 14.9. The summed E-state index contributed by atoms with van der Waals surface area (Å²) in [6.45, 7) is 3.86. The summed E-state index contributed by atoms with van der Waals surface area (Å²) in [7, 11) is 1.99. The molecule has 1 atom stereocenters. The summed E-state index contributed by atoms with van der Waals surface area (Å²) < 4.78 is 0. The van der Waals surface area contributed by atoms with Gasteiger partial charge in [-0.05, 0) is 41.0 Å². The zero-order chi connectivity index (χ0) is 17.6. The largest absolute Gasteiger partial charge is 0.395 e. The van der Waals surface area contributed by atoms with Gasteiger partial charge in [0.2, 0.25) is 0 Å². The highest BCUT2D eigenvalue weighted by atomic mass is 16.3. The molecule has 0 aliphatic rings. The molecule has 0 bridgehead atoms. The molecule has 0 saturated heterocycles. The third-order valence-corrected chi connectivity index (χ3v) is 4.71. The lowest BCUT2D eigenvalue weighted by molar-refractivity contribution is 0.304. The Morgan fingerprint density at radius 2 is 1.68 bits per heavy atom. The summed E-state index contributed by atoms with van der Waals surface area (Å²) in [5.74, 6) is 0. The lowest BCUT2D eigenvalue weighted by Gasteiger charge is -2.19. The van der Waals surface area contributed by atoms with Crippen LogP contribution in [0.5, 0.6) is 0 Å². The first kappa shape index (κ1) is 17.5. The fraction of sp³-hybridized carbons (Fsp3) is 0.273. The average Bonchev–Trinajstić information content (AvgIpc) is 2.66. The van der Waals surface area contributed by atoms with Crippen LogP contribution in [0, 0.1) is 0 Å². The smallest absolute Gasteiger partial charge is 0.0606 e. The number of nitrogens with one attached hydrogen (secondary N) is 1. The molecule has 2 N–H and O–H groups in total. The number of benzene rings is 3. The van der Waals surface area contributed by atoms with Crippen LogP contribution < -0.4 is 10.2 Å². The summed E-state index contributed by atoms with van der Waals surface area (Å²) in [6, 6.07) is 23.8. The Bertz CT molecular complexity index is 808. The molecule has 3 nitrogen and oxygen atoms in total. The lowest BCUT2D eigenvalue weighted by atomic mass is 9.99. The van der Waals surface area contributed by atoms with Gasteiger partial charge >= 0.3 is 0 Å². The molecule has 0 spiro atoms. The van der Waals surface area contributed by atoms with Crippen molar-refractivity contribution < 1.29 is 5.11 Å². The molecule has 0 amide bonds. The number of aliphatic hydroxyl groups is 1. The van der Waals surface area contributed by atoms with Crippen LogP contribution in [0.15, 0.2) is 66.7 Å². The third-order valence-electron chi connectivity index (χ3n) is 4.71. The maximum Gasteiger partial charge on any atom is 0.0606 e. The van der Waals surface area contributed by atoms with Crippen molar-refractivity contribution in [2.75, 3.05) is 25.1 Å². The molecular weight excluding hydrogens is 308 g/mol. The second-order valence-electron chi connectivity index (χ2n) is 6.48. The molecule has 130 valence electrons. The SMILES string of the molecule is C[C@H](NCc1ccc(N(C)CCO)cc1)c1cccc2ccccc12. The predicted molar refractivity (Wildman–Crippen MR) is 106 cm³/mol. The van der Waals surface area contributed by atoms with E-state index in [0.717, 1.165) is 12.2 Å². The number of fused-ring (bicyclic) bond motifs is 1. The Morgan fingerprint density at radius 3 is 2.44 bits per heavy atom. The number of hydrogen-bond acceptors (Lipinski definition) is 3. The molecule has 0 aliphatic carbocycles. The van der Waals surface area contributed by atoms with E-state index >= 15 is 0 Å². The van der Waals surface area contributed by atoms with Gasteiger partial charge in [0.1, 0.15) is 0 Å². The van der Waals surface area contributed by atoms with E-state index in [1.54, 1.807) is 0 Å². The van der Waals surface area contributed by atoms with E-state index in [4.69, 9.17) is 5.11 Å². The van der Waals surface area contributed by atoms with Crippen LogP contribution in [-0.2, 0) is 6.54 Å². The van der Waals surface area contributed by atoms with Crippen molar-refractivity contribution in [3.8, 4) is 0 Å². The first-order chi connectivity index (χ1) is 12.2. The Morgan fingerprint density at radius 1 is 0.960 bits per heavy atom. The quantitative estimate of drug-likeness (QED) is 0.682. The van der Waals surface area contributed by atoms with Gasteiger partial charge in [0.15, 0.2) is 0 Å². The van der Waals surface area contributed by atoms with Gasteiger partial charge in [-0.1, -0.05) is 54.6 Å². The van der Waals surface area contributed by atoms with Crippen LogP contribution >= 0.6 is 0 Å². The van der Waals surface area contributed by atoms with Crippen molar-refractivity contribution in [3.63, 3.8) is 0 Å². The minimum absolute atomic E-state index is 0.169. The minimum Gasteiger partial charge on any atom is -0.395 e. The van der Waals surface area contributed by atoms with E-state index in [2.05, 4.69) is 83.9 Å². The number of nitrogens with zero attached hydrogens (tertiary/aromatic N) is 1. The Balaban J connectivity index is 1.66. The van der Waals surface area contributed by atoms with Crippen molar-refractivity contribution in [2.45, 2.75) is 19.5 Å². The molecular formula is C22H26N2O. The molecule has 0 unspecified atom stereocenters. The van der Waals surface area contributed by atoms with E-state index in [-0.39, 0.29) is 12.6 Å². The van der Waals surface area contributed by atoms with E-state index in [1.165, 1.54) is 21.9 Å². The highest BCUT2D eigenvalue weighted by molar-refractivity contribution is 5.86. The van der Waals surface area contributed by atoms with E-state index in [0.29, 0.717) is 6.54 Å². The minimum atomic E-state index is 0.169. The molecule has 0 aromatic heterocycles. The standard InChI is InChI=1S/C22H26N2O/c1-17(21-9-5-7-19-6-3-4-8-22(19)21)23-16-18-10-12-20(13-11-18)24(2)14-15-25/h3-13,17,23,25H,14-16H2,1-2H3/t17-/m0/s1.